The normalized spacial score (nSPS) is 25.2. The summed E-state index contributed by atoms with van der Waals surface area (Å²) in [6.07, 6.45) is 6.65. The molecule has 1 saturated heterocycles. The van der Waals surface area contributed by atoms with Crippen LogP contribution in [0.5, 0.6) is 0 Å². The molecule has 0 radical (unpaired) electrons. The first-order valence-corrected chi connectivity index (χ1v) is 6.08. The first kappa shape index (κ1) is 8.64. The van der Waals surface area contributed by atoms with E-state index in [0.717, 1.165) is 0 Å². The van der Waals surface area contributed by atoms with Gasteiger partial charge >= 0.3 is 0 Å². The number of hydrogen-bond donors (Lipinski definition) is 0. The summed E-state index contributed by atoms with van der Waals surface area (Å²) in [7, 11) is 0. The molecule has 2 aliphatic rings. The van der Waals surface area contributed by atoms with Crippen LogP contribution in [0.4, 0.5) is 0 Å². The highest BCUT2D eigenvalue weighted by molar-refractivity contribution is 7.99. The van der Waals surface area contributed by atoms with Gasteiger partial charge in [-0.15, -0.1) is 0 Å². The van der Waals surface area contributed by atoms with Gasteiger partial charge in [-0.25, -0.2) is 0 Å². The minimum Gasteiger partial charge on any atom is -0.298 e. The zero-order chi connectivity index (χ0) is 8.23. The van der Waals surface area contributed by atoms with Gasteiger partial charge < -0.3 is 0 Å². The van der Waals surface area contributed by atoms with Crippen molar-refractivity contribution in [3.05, 3.63) is 11.6 Å². The van der Waals surface area contributed by atoms with E-state index in [9.17, 15) is 0 Å². The van der Waals surface area contributed by atoms with Crippen LogP contribution in [-0.2, 0) is 0 Å². The van der Waals surface area contributed by atoms with Gasteiger partial charge in [0.2, 0.25) is 0 Å². The average Bonchev–Trinajstić information content (AvgIpc) is 2.04. The van der Waals surface area contributed by atoms with Crippen LogP contribution < -0.4 is 0 Å². The van der Waals surface area contributed by atoms with Crippen molar-refractivity contribution in [2.24, 2.45) is 0 Å². The first-order chi connectivity index (χ1) is 5.95. The smallest absolute Gasteiger partial charge is 0.0166 e. The Hall–Kier alpha value is 0.0500. The molecule has 1 saturated carbocycles. The van der Waals surface area contributed by atoms with Gasteiger partial charge in [-0.3, -0.25) is 4.90 Å². The van der Waals surface area contributed by atoms with Gasteiger partial charge in [-0.1, -0.05) is 11.6 Å². The fraction of sp³-hybridized carbons (Fsp3) is 0.800. The van der Waals surface area contributed by atoms with E-state index in [2.05, 4.69) is 22.7 Å². The van der Waals surface area contributed by atoms with Gasteiger partial charge in [-0.05, 0) is 19.3 Å². The lowest BCUT2D eigenvalue weighted by Crippen LogP contribution is -2.32. The molecular weight excluding hydrogens is 166 g/mol. The Kier molecular flexibility index (Phi) is 3.12. The molecule has 0 atom stereocenters. The molecule has 1 aliphatic heterocycles. The summed E-state index contributed by atoms with van der Waals surface area (Å²) in [6, 6.07) is 0. The summed E-state index contributed by atoms with van der Waals surface area (Å²) in [5.74, 6) is 2.67. The number of allylic oxidation sites excluding steroid dienone is 1. The van der Waals surface area contributed by atoms with Crippen LogP contribution in [0.25, 0.3) is 0 Å². The van der Waals surface area contributed by atoms with E-state index in [1.807, 2.05) is 0 Å². The molecule has 0 spiro atoms. The van der Waals surface area contributed by atoms with Crippen molar-refractivity contribution in [2.75, 3.05) is 31.1 Å². The zero-order valence-corrected chi connectivity index (χ0v) is 8.41. The molecule has 1 aliphatic carbocycles. The molecule has 2 rings (SSSR count). The lowest BCUT2D eigenvalue weighted by atomic mass is 9.92. The van der Waals surface area contributed by atoms with E-state index in [1.165, 1.54) is 50.4 Å². The minimum absolute atomic E-state index is 1.22. The van der Waals surface area contributed by atoms with Crippen LogP contribution >= 0.6 is 11.8 Å². The second kappa shape index (κ2) is 4.33. The lowest BCUT2D eigenvalue weighted by Gasteiger charge is -2.26. The van der Waals surface area contributed by atoms with Gasteiger partial charge in [0.25, 0.3) is 0 Å². The topological polar surface area (TPSA) is 3.24 Å². The van der Waals surface area contributed by atoms with Crippen LogP contribution in [0.15, 0.2) is 11.6 Å². The zero-order valence-electron chi connectivity index (χ0n) is 7.59. The van der Waals surface area contributed by atoms with Crippen molar-refractivity contribution >= 4 is 11.8 Å². The van der Waals surface area contributed by atoms with Crippen molar-refractivity contribution in [3.8, 4) is 0 Å². The molecule has 0 unspecified atom stereocenters. The predicted octanol–water partition coefficient (Wildman–Crippen LogP) is 2.15. The monoisotopic (exact) mass is 183 g/mol. The Morgan fingerprint density at radius 3 is 2.58 bits per heavy atom. The number of hydrogen-bond acceptors (Lipinski definition) is 2. The van der Waals surface area contributed by atoms with Crippen molar-refractivity contribution < 1.29 is 0 Å². The molecule has 0 aromatic carbocycles. The van der Waals surface area contributed by atoms with Crippen molar-refractivity contribution in [1.29, 1.82) is 0 Å². The third-order valence-electron chi connectivity index (χ3n) is 2.74. The maximum absolute atomic E-state index is 2.57. The summed E-state index contributed by atoms with van der Waals surface area (Å²) in [6.45, 7) is 3.82. The standard InChI is InChI=1S/C10H17NS/c1-2-10(3-1)4-5-11-6-8-12-9-7-11/h4H,1-3,5-9H2. The SMILES string of the molecule is C(CN1CCSCC1)=C1CCC1. The summed E-state index contributed by atoms with van der Waals surface area (Å²) in [4.78, 5) is 2.57. The Morgan fingerprint density at radius 1 is 1.25 bits per heavy atom. The molecule has 2 fully saturated rings. The Bertz CT molecular complexity index is 165. The van der Waals surface area contributed by atoms with Crippen LogP contribution in [0.2, 0.25) is 0 Å². The number of nitrogens with zero attached hydrogens (tertiary/aromatic N) is 1. The number of rotatable bonds is 2. The molecule has 0 aromatic heterocycles. The van der Waals surface area contributed by atoms with Crippen LogP contribution in [0.1, 0.15) is 19.3 Å². The summed E-state index contributed by atoms with van der Waals surface area (Å²) < 4.78 is 0. The fourth-order valence-electron chi connectivity index (χ4n) is 1.63. The van der Waals surface area contributed by atoms with Crippen LogP contribution in [0, 0.1) is 0 Å². The Morgan fingerprint density at radius 2 is 2.00 bits per heavy atom. The first-order valence-electron chi connectivity index (χ1n) is 4.93. The quantitative estimate of drug-likeness (QED) is 0.603. The van der Waals surface area contributed by atoms with Gasteiger partial charge in [-0.2, -0.15) is 11.8 Å². The maximum atomic E-state index is 2.57. The molecule has 68 valence electrons. The second-order valence-corrected chi connectivity index (χ2v) is 4.85. The number of thioether (sulfide) groups is 1. The maximum Gasteiger partial charge on any atom is 0.0166 e. The van der Waals surface area contributed by atoms with E-state index >= 15 is 0 Å². The fourth-order valence-corrected chi connectivity index (χ4v) is 2.61. The van der Waals surface area contributed by atoms with Crippen molar-refractivity contribution in [1.82, 2.24) is 4.90 Å². The summed E-state index contributed by atoms with van der Waals surface area (Å²) in [5, 5.41) is 0. The van der Waals surface area contributed by atoms with E-state index in [0.29, 0.717) is 0 Å². The molecule has 1 heterocycles. The van der Waals surface area contributed by atoms with Crippen molar-refractivity contribution in [2.45, 2.75) is 19.3 Å². The van der Waals surface area contributed by atoms with Gasteiger partial charge in [0.05, 0.1) is 0 Å². The summed E-state index contributed by atoms with van der Waals surface area (Å²) >= 11 is 2.09. The highest BCUT2D eigenvalue weighted by Gasteiger charge is 2.11. The molecule has 1 nitrogen and oxygen atoms in total. The molecular formula is C10H17NS. The van der Waals surface area contributed by atoms with E-state index in [-0.39, 0.29) is 0 Å². The minimum atomic E-state index is 1.22. The lowest BCUT2D eigenvalue weighted by molar-refractivity contribution is 0.334. The Balaban J connectivity index is 1.70. The summed E-state index contributed by atoms with van der Waals surface area (Å²) in [5.41, 5.74) is 1.70. The predicted molar refractivity (Wildman–Crippen MR) is 55.7 cm³/mol. The van der Waals surface area contributed by atoms with Gasteiger partial charge in [0.1, 0.15) is 0 Å². The molecule has 0 bridgehead atoms. The van der Waals surface area contributed by atoms with E-state index in [1.54, 1.807) is 5.57 Å². The highest BCUT2D eigenvalue weighted by Crippen LogP contribution is 2.25. The van der Waals surface area contributed by atoms with Gasteiger partial charge in [0.15, 0.2) is 0 Å². The van der Waals surface area contributed by atoms with E-state index < -0.39 is 0 Å². The molecule has 0 N–H and O–H groups in total. The largest absolute Gasteiger partial charge is 0.298 e. The average molecular weight is 183 g/mol. The van der Waals surface area contributed by atoms with Crippen LogP contribution in [-0.4, -0.2) is 36.0 Å². The molecule has 0 amide bonds. The molecule has 0 aromatic rings. The molecule has 2 heteroatoms. The van der Waals surface area contributed by atoms with Crippen LogP contribution in [0.3, 0.4) is 0 Å². The third-order valence-corrected chi connectivity index (χ3v) is 3.68. The second-order valence-electron chi connectivity index (χ2n) is 3.63. The Labute approximate surface area is 79.2 Å². The third kappa shape index (κ3) is 2.27. The van der Waals surface area contributed by atoms with E-state index in [4.69, 9.17) is 0 Å². The molecule has 12 heavy (non-hydrogen) atoms. The highest BCUT2D eigenvalue weighted by atomic mass is 32.2. The van der Waals surface area contributed by atoms with Crippen molar-refractivity contribution in [3.63, 3.8) is 0 Å². The van der Waals surface area contributed by atoms with Gasteiger partial charge in [0, 0.05) is 31.1 Å².